The Morgan fingerprint density at radius 3 is 2.71 bits per heavy atom. The van der Waals surface area contributed by atoms with Gasteiger partial charge in [-0.3, -0.25) is 9.59 Å². The average Bonchev–Trinajstić information content (AvgIpc) is 2.53. The highest BCUT2D eigenvalue weighted by atomic mass is 16.5. The van der Waals surface area contributed by atoms with Crippen LogP contribution in [0.3, 0.4) is 0 Å². The van der Waals surface area contributed by atoms with Crippen LogP contribution in [0.25, 0.3) is 0 Å². The fourth-order valence-electron chi connectivity index (χ4n) is 2.82. The Labute approximate surface area is 125 Å². The number of esters is 1. The van der Waals surface area contributed by atoms with E-state index in [2.05, 4.69) is 4.74 Å². The third kappa shape index (κ3) is 5.28. The van der Waals surface area contributed by atoms with E-state index < -0.39 is 0 Å². The molecule has 0 aromatic rings. The zero-order valence-corrected chi connectivity index (χ0v) is 12.7. The largest absolute Gasteiger partial charge is 0.469 e. The van der Waals surface area contributed by atoms with Crippen molar-refractivity contribution in [2.24, 2.45) is 0 Å². The van der Waals surface area contributed by atoms with Crippen molar-refractivity contribution in [3.8, 4) is 0 Å². The minimum atomic E-state index is -0.301. The molecule has 2 aliphatic rings. The van der Waals surface area contributed by atoms with Gasteiger partial charge in [-0.15, -0.1) is 0 Å². The van der Waals surface area contributed by atoms with Crippen LogP contribution in [0.15, 0.2) is 0 Å². The first-order valence-corrected chi connectivity index (χ1v) is 7.77. The van der Waals surface area contributed by atoms with Gasteiger partial charge in [-0.05, 0) is 25.7 Å². The highest BCUT2D eigenvalue weighted by molar-refractivity contribution is 5.76. The first-order chi connectivity index (χ1) is 10.2. The summed E-state index contributed by atoms with van der Waals surface area (Å²) in [4.78, 5) is 25.3. The van der Waals surface area contributed by atoms with Gasteiger partial charge in [0.05, 0.1) is 32.3 Å². The van der Waals surface area contributed by atoms with Gasteiger partial charge < -0.3 is 19.1 Å². The molecule has 6 heteroatoms. The maximum Gasteiger partial charge on any atom is 0.308 e. The number of ether oxygens (including phenoxy) is 3. The van der Waals surface area contributed by atoms with E-state index in [9.17, 15) is 9.59 Å². The van der Waals surface area contributed by atoms with Crippen molar-refractivity contribution in [2.75, 3.05) is 33.4 Å². The first kappa shape index (κ1) is 16.2. The maximum absolute atomic E-state index is 12.2. The maximum atomic E-state index is 12.2. The summed E-state index contributed by atoms with van der Waals surface area (Å²) in [5.41, 5.74) is 0. The number of nitrogens with zero attached hydrogens (tertiary/aromatic N) is 1. The van der Waals surface area contributed by atoms with Crippen molar-refractivity contribution in [3.05, 3.63) is 0 Å². The third-order valence-corrected chi connectivity index (χ3v) is 4.07. The minimum Gasteiger partial charge on any atom is -0.469 e. The van der Waals surface area contributed by atoms with Gasteiger partial charge in [-0.25, -0.2) is 0 Å². The quantitative estimate of drug-likeness (QED) is 0.712. The predicted octanol–water partition coefficient (Wildman–Crippen LogP) is 1.13. The number of carbonyl (C=O) groups is 2. The van der Waals surface area contributed by atoms with Crippen molar-refractivity contribution in [3.63, 3.8) is 0 Å². The van der Waals surface area contributed by atoms with Gasteiger partial charge >= 0.3 is 5.97 Å². The number of hydrogen-bond donors (Lipinski definition) is 0. The fraction of sp³-hybridized carbons (Fsp3) is 0.867. The molecule has 2 heterocycles. The van der Waals surface area contributed by atoms with Crippen molar-refractivity contribution in [2.45, 2.75) is 50.7 Å². The third-order valence-electron chi connectivity index (χ3n) is 4.07. The summed E-state index contributed by atoms with van der Waals surface area (Å²) in [7, 11) is 1.36. The van der Waals surface area contributed by atoms with Crippen molar-refractivity contribution < 1.29 is 23.8 Å². The van der Waals surface area contributed by atoms with Crippen LogP contribution in [-0.4, -0.2) is 62.4 Å². The second-order valence-corrected chi connectivity index (χ2v) is 5.64. The molecule has 2 unspecified atom stereocenters. The van der Waals surface area contributed by atoms with Gasteiger partial charge in [0.15, 0.2) is 0 Å². The Balaban J connectivity index is 1.72. The number of amides is 1. The Kier molecular flexibility index (Phi) is 6.45. The molecule has 0 saturated carbocycles. The van der Waals surface area contributed by atoms with E-state index in [0.717, 1.165) is 25.9 Å². The molecule has 120 valence electrons. The molecule has 1 amide bonds. The van der Waals surface area contributed by atoms with Crippen LogP contribution in [-0.2, 0) is 23.8 Å². The second-order valence-electron chi connectivity index (χ2n) is 5.64. The highest BCUT2D eigenvalue weighted by Crippen LogP contribution is 2.18. The summed E-state index contributed by atoms with van der Waals surface area (Å²) in [6, 6.07) is 0. The fourth-order valence-corrected chi connectivity index (χ4v) is 2.82. The lowest BCUT2D eigenvalue weighted by Gasteiger charge is -2.33. The molecule has 2 aliphatic heterocycles. The van der Waals surface area contributed by atoms with E-state index in [1.54, 1.807) is 4.90 Å². The molecule has 0 spiro atoms. The van der Waals surface area contributed by atoms with Crippen molar-refractivity contribution >= 4 is 11.9 Å². The molecular formula is C15H25NO5. The monoisotopic (exact) mass is 299 g/mol. The van der Waals surface area contributed by atoms with Crippen LogP contribution in [0.5, 0.6) is 0 Å². The molecule has 6 nitrogen and oxygen atoms in total. The molecule has 0 N–H and O–H groups in total. The van der Waals surface area contributed by atoms with Gasteiger partial charge in [0.1, 0.15) is 0 Å². The zero-order valence-electron chi connectivity index (χ0n) is 12.7. The number of rotatable bonds is 5. The molecule has 0 radical (unpaired) electrons. The van der Waals surface area contributed by atoms with E-state index in [0.29, 0.717) is 26.1 Å². The number of hydrogen-bond acceptors (Lipinski definition) is 5. The molecule has 0 bridgehead atoms. The van der Waals surface area contributed by atoms with Crippen LogP contribution < -0.4 is 0 Å². The first-order valence-electron chi connectivity index (χ1n) is 7.77. The molecule has 2 saturated heterocycles. The Bertz CT molecular complexity index is 354. The molecule has 0 aromatic heterocycles. The molecule has 2 rings (SSSR count). The lowest BCUT2D eigenvalue weighted by atomic mass is 10.0. The van der Waals surface area contributed by atoms with Gasteiger partial charge in [0.25, 0.3) is 0 Å². The Morgan fingerprint density at radius 2 is 2.00 bits per heavy atom. The summed E-state index contributed by atoms with van der Waals surface area (Å²) in [6.07, 6.45) is 4.86. The standard InChI is InChI=1S/C15H25NO5/c1-19-15(18)10-13-11-16(7-9-21-13)14(17)6-5-12-4-2-3-8-20-12/h12-13H,2-11H2,1H3. The van der Waals surface area contributed by atoms with Gasteiger partial charge in [0, 0.05) is 26.1 Å². The Morgan fingerprint density at radius 1 is 1.19 bits per heavy atom. The lowest BCUT2D eigenvalue weighted by Crippen LogP contribution is -2.46. The van der Waals surface area contributed by atoms with Crippen LogP contribution >= 0.6 is 0 Å². The minimum absolute atomic E-state index is 0.127. The number of morpholine rings is 1. The van der Waals surface area contributed by atoms with Gasteiger partial charge in [0.2, 0.25) is 5.91 Å². The van der Waals surface area contributed by atoms with E-state index in [4.69, 9.17) is 9.47 Å². The highest BCUT2D eigenvalue weighted by Gasteiger charge is 2.26. The normalized spacial score (nSPS) is 26.4. The molecule has 0 aromatic carbocycles. The van der Waals surface area contributed by atoms with Crippen molar-refractivity contribution in [1.82, 2.24) is 4.90 Å². The smallest absolute Gasteiger partial charge is 0.308 e. The molecular weight excluding hydrogens is 274 g/mol. The molecule has 21 heavy (non-hydrogen) atoms. The summed E-state index contributed by atoms with van der Waals surface area (Å²) >= 11 is 0. The lowest BCUT2D eigenvalue weighted by molar-refractivity contribution is -0.150. The topological polar surface area (TPSA) is 65.1 Å². The Hall–Kier alpha value is -1.14. The SMILES string of the molecule is COC(=O)CC1CN(C(=O)CCC2CCCCO2)CCO1. The van der Waals surface area contributed by atoms with E-state index in [-0.39, 0.29) is 30.5 Å². The summed E-state index contributed by atoms with van der Waals surface area (Å²) < 4.78 is 15.8. The molecule has 2 fully saturated rings. The summed E-state index contributed by atoms with van der Waals surface area (Å²) in [5.74, 6) is -0.174. The predicted molar refractivity (Wildman–Crippen MR) is 75.8 cm³/mol. The van der Waals surface area contributed by atoms with E-state index in [1.807, 2.05) is 0 Å². The average molecular weight is 299 g/mol. The van der Waals surface area contributed by atoms with Crippen LogP contribution in [0.4, 0.5) is 0 Å². The van der Waals surface area contributed by atoms with E-state index >= 15 is 0 Å². The number of methoxy groups -OCH3 is 1. The van der Waals surface area contributed by atoms with E-state index in [1.165, 1.54) is 13.5 Å². The molecule has 2 atom stereocenters. The number of carbonyl (C=O) groups excluding carboxylic acids is 2. The van der Waals surface area contributed by atoms with Crippen LogP contribution in [0.1, 0.15) is 38.5 Å². The second kappa shape index (κ2) is 8.34. The van der Waals surface area contributed by atoms with Crippen molar-refractivity contribution in [1.29, 1.82) is 0 Å². The van der Waals surface area contributed by atoms with Gasteiger partial charge in [-0.2, -0.15) is 0 Å². The van der Waals surface area contributed by atoms with Gasteiger partial charge in [-0.1, -0.05) is 0 Å². The zero-order chi connectivity index (χ0) is 15.1. The summed E-state index contributed by atoms with van der Waals surface area (Å²) in [5, 5.41) is 0. The summed E-state index contributed by atoms with van der Waals surface area (Å²) in [6.45, 7) is 2.37. The van der Waals surface area contributed by atoms with Crippen LogP contribution in [0.2, 0.25) is 0 Å². The molecule has 0 aliphatic carbocycles. The van der Waals surface area contributed by atoms with Crippen LogP contribution in [0, 0.1) is 0 Å².